The summed E-state index contributed by atoms with van der Waals surface area (Å²) in [5, 5.41) is 18.2. The summed E-state index contributed by atoms with van der Waals surface area (Å²) in [6, 6.07) is 1.64. The van der Waals surface area contributed by atoms with Gasteiger partial charge in [0, 0.05) is 11.5 Å². The molecule has 4 rings (SSSR count). The molecule has 3 aliphatic rings. The molecular weight excluding hydrogens is 252 g/mol. The lowest BCUT2D eigenvalue weighted by molar-refractivity contribution is 0.236. The van der Waals surface area contributed by atoms with E-state index in [1.165, 1.54) is 19.3 Å². The van der Waals surface area contributed by atoms with Crippen LogP contribution in [0.5, 0.6) is 5.75 Å². The zero-order valence-electron chi connectivity index (χ0n) is 10.2. The Labute approximate surface area is 111 Å². The summed E-state index contributed by atoms with van der Waals surface area (Å²) in [5.74, 6) is 1.17. The van der Waals surface area contributed by atoms with Crippen molar-refractivity contribution in [1.82, 2.24) is 4.98 Å². The van der Waals surface area contributed by atoms with Crippen LogP contribution in [0.2, 0.25) is 5.02 Å². The van der Waals surface area contributed by atoms with Crippen LogP contribution in [0.3, 0.4) is 0 Å². The van der Waals surface area contributed by atoms with Crippen LogP contribution in [0.4, 0.5) is 0 Å². The normalized spacial score (nSPS) is 29.0. The van der Waals surface area contributed by atoms with Gasteiger partial charge in [0.15, 0.2) is 0 Å². The molecule has 0 atom stereocenters. The molecule has 1 aromatic heterocycles. The van der Waals surface area contributed by atoms with Gasteiger partial charge in [0.05, 0.1) is 16.4 Å². The van der Waals surface area contributed by atoms with Crippen molar-refractivity contribution in [3.8, 4) is 5.75 Å². The van der Waals surface area contributed by atoms with Gasteiger partial charge >= 0.3 is 7.32 Å². The maximum absolute atomic E-state index is 8.82. The van der Waals surface area contributed by atoms with Gasteiger partial charge in [-0.3, -0.25) is 4.98 Å². The lowest BCUT2D eigenvalue weighted by Crippen LogP contribution is -2.34. The van der Waals surface area contributed by atoms with E-state index < -0.39 is 7.32 Å². The minimum absolute atomic E-state index is 0.170. The third kappa shape index (κ3) is 1.81. The van der Waals surface area contributed by atoms with Crippen LogP contribution in [0.15, 0.2) is 6.07 Å². The predicted octanol–water partition coefficient (Wildman–Crippen LogP) is 1.83. The first kappa shape index (κ1) is 12.3. The monoisotopic (exact) mass is 267 g/mol. The molecular formula is C12H15BClNO3. The number of rotatable bonds is 3. The average molecular weight is 268 g/mol. The van der Waals surface area contributed by atoms with Crippen molar-refractivity contribution in [2.75, 3.05) is 0 Å². The van der Waals surface area contributed by atoms with Gasteiger partial charge in [0.1, 0.15) is 5.75 Å². The smallest absolute Gasteiger partial charge is 0.510 e. The number of fused-ring (bicyclic) bond motifs is 1. The summed E-state index contributed by atoms with van der Waals surface area (Å²) in [7, 11) is -1.84. The van der Waals surface area contributed by atoms with Crippen LogP contribution in [0, 0.1) is 12.8 Å². The lowest BCUT2D eigenvalue weighted by Gasteiger charge is -2.38. The lowest BCUT2D eigenvalue weighted by atomic mass is 9.67. The van der Waals surface area contributed by atoms with E-state index in [9.17, 15) is 0 Å². The molecule has 0 unspecified atom stereocenters. The summed E-state index contributed by atoms with van der Waals surface area (Å²) >= 11 is 6.27. The summed E-state index contributed by atoms with van der Waals surface area (Å²) in [5.41, 5.74) is 1.77. The van der Waals surface area contributed by atoms with Crippen LogP contribution in [-0.4, -0.2) is 22.4 Å². The zero-order chi connectivity index (χ0) is 12.9. The molecule has 0 spiro atoms. The fraction of sp³-hybridized carbons (Fsp3) is 0.583. The number of nitrogens with zero attached hydrogens (tertiary/aromatic N) is 1. The standard InChI is InChI=1S/C12H15BClNO3/c1-7-10(18-13(16)17)4-9(14)11(15-7)12-3-2-8(5-12)6-12/h4,8,16-17H,2-3,5-6H2,1H3. The number of aromatic nitrogens is 1. The molecule has 2 N–H and O–H groups in total. The number of halogens is 1. The molecule has 0 aliphatic heterocycles. The summed E-state index contributed by atoms with van der Waals surface area (Å²) in [4.78, 5) is 4.54. The second-order valence-corrected chi connectivity index (χ2v) is 5.85. The van der Waals surface area contributed by atoms with Crippen LogP contribution >= 0.6 is 11.6 Å². The third-order valence-corrected chi connectivity index (χ3v) is 4.53. The Bertz CT molecular complexity index is 483. The van der Waals surface area contributed by atoms with Crippen molar-refractivity contribution in [2.24, 2.45) is 5.92 Å². The third-order valence-electron chi connectivity index (χ3n) is 4.24. The molecule has 3 fully saturated rings. The van der Waals surface area contributed by atoms with E-state index in [2.05, 4.69) is 4.98 Å². The molecule has 96 valence electrons. The molecule has 6 heteroatoms. The van der Waals surface area contributed by atoms with Crippen LogP contribution in [0.25, 0.3) is 0 Å². The summed E-state index contributed by atoms with van der Waals surface area (Å²) < 4.78 is 4.85. The van der Waals surface area contributed by atoms with Crippen LogP contribution in [-0.2, 0) is 5.41 Å². The van der Waals surface area contributed by atoms with Crippen molar-refractivity contribution in [2.45, 2.75) is 38.0 Å². The maximum Gasteiger partial charge on any atom is 0.707 e. The molecule has 1 aromatic rings. The Hall–Kier alpha value is -0.775. The van der Waals surface area contributed by atoms with Gasteiger partial charge in [-0.05, 0) is 38.5 Å². The largest absolute Gasteiger partial charge is 0.707 e. The average Bonchev–Trinajstić information content (AvgIpc) is 2.81. The Morgan fingerprint density at radius 2 is 2.22 bits per heavy atom. The van der Waals surface area contributed by atoms with E-state index in [0.29, 0.717) is 16.5 Å². The molecule has 2 bridgehead atoms. The highest BCUT2D eigenvalue weighted by molar-refractivity contribution is 6.34. The molecule has 4 nitrogen and oxygen atoms in total. The van der Waals surface area contributed by atoms with E-state index in [-0.39, 0.29) is 5.41 Å². The van der Waals surface area contributed by atoms with E-state index in [0.717, 1.165) is 18.0 Å². The first-order valence-electron chi connectivity index (χ1n) is 6.21. The molecule has 0 amide bonds. The highest BCUT2D eigenvalue weighted by Gasteiger charge is 2.53. The van der Waals surface area contributed by atoms with Crippen molar-refractivity contribution >= 4 is 18.9 Å². The van der Waals surface area contributed by atoms with Gasteiger partial charge < -0.3 is 14.7 Å². The quantitative estimate of drug-likeness (QED) is 0.820. The maximum atomic E-state index is 8.82. The molecule has 18 heavy (non-hydrogen) atoms. The van der Waals surface area contributed by atoms with Crippen molar-refractivity contribution in [1.29, 1.82) is 0 Å². The van der Waals surface area contributed by atoms with Gasteiger partial charge in [-0.25, -0.2) is 0 Å². The van der Waals surface area contributed by atoms with Crippen molar-refractivity contribution in [3.63, 3.8) is 0 Å². The van der Waals surface area contributed by atoms with E-state index in [4.69, 9.17) is 26.3 Å². The molecule has 3 saturated carbocycles. The molecule has 0 saturated heterocycles. The van der Waals surface area contributed by atoms with E-state index in [1.54, 1.807) is 13.0 Å². The number of pyridine rings is 1. The predicted molar refractivity (Wildman–Crippen MR) is 68.4 cm³/mol. The highest BCUT2D eigenvalue weighted by Crippen LogP contribution is 2.60. The Morgan fingerprint density at radius 1 is 1.50 bits per heavy atom. The van der Waals surface area contributed by atoms with Gasteiger partial charge in [-0.1, -0.05) is 11.6 Å². The molecule has 3 aliphatic carbocycles. The first-order valence-corrected chi connectivity index (χ1v) is 6.58. The number of hydrogen-bond donors (Lipinski definition) is 2. The number of aryl methyl sites for hydroxylation is 1. The minimum atomic E-state index is -1.84. The van der Waals surface area contributed by atoms with E-state index >= 15 is 0 Å². The topological polar surface area (TPSA) is 62.6 Å². The Balaban J connectivity index is 1.95. The molecule has 1 heterocycles. The van der Waals surface area contributed by atoms with Crippen LogP contribution in [0.1, 0.15) is 37.1 Å². The first-order chi connectivity index (χ1) is 8.50. The minimum Gasteiger partial charge on any atom is -0.510 e. The second-order valence-electron chi connectivity index (χ2n) is 5.44. The number of hydrogen-bond acceptors (Lipinski definition) is 4. The summed E-state index contributed by atoms with van der Waals surface area (Å²) in [6.45, 7) is 1.79. The molecule has 0 radical (unpaired) electrons. The van der Waals surface area contributed by atoms with Gasteiger partial charge in [-0.2, -0.15) is 0 Å². The van der Waals surface area contributed by atoms with Crippen LogP contribution < -0.4 is 4.65 Å². The second kappa shape index (κ2) is 4.12. The van der Waals surface area contributed by atoms with Gasteiger partial charge in [0.25, 0.3) is 0 Å². The van der Waals surface area contributed by atoms with Crippen molar-refractivity contribution < 1.29 is 14.7 Å². The zero-order valence-corrected chi connectivity index (χ0v) is 10.9. The fourth-order valence-electron chi connectivity index (χ4n) is 3.41. The Kier molecular flexibility index (Phi) is 2.81. The molecule has 0 aromatic carbocycles. The fourth-order valence-corrected chi connectivity index (χ4v) is 3.76. The van der Waals surface area contributed by atoms with E-state index in [1.807, 2.05) is 0 Å². The van der Waals surface area contributed by atoms with Gasteiger partial charge in [0.2, 0.25) is 0 Å². The Morgan fingerprint density at radius 3 is 2.78 bits per heavy atom. The van der Waals surface area contributed by atoms with Crippen molar-refractivity contribution in [3.05, 3.63) is 22.5 Å². The highest BCUT2D eigenvalue weighted by atomic mass is 35.5. The van der Waals surface area contributed by atoms with Gasteiger partial charge in [-0.15, -0.1) is 0 Å². The SMILES string of the molecule is Cc1nc(C23CCC(C2)C3)c(Cl)cc1OB(O)O. The summed E-state index contributed by atoms with van der Waals surface area (Å²) in [6.07, 6.45) is 4.79.